The highest BCUT2D eigenvalue weighted by atomic mass is 35.5. The fourth-order valence-electron chi connectivity index (χ4n) is 13.1. The van der Waals surface area contributed by atoms with Gasteiger partial charge in [-0.05, 0) is 268 Å². The summed E-state index contributed by atoms with van der Waals surface area (Å²) in [5.74, 6) is -0.539. The molecule has 0 unspecified atom stereocenters. The van der Waals surface area contributed by atoms with Crippen LogP contribution in [0, 0.1) is 0 Å². The minimum atomic E-state index is -3.85. The lowest BCUT2D eigenvalue weighted by Gasteiger charge is -2.13. The Kier molecular flexibility index (Phi) is 25.0. The Bertz CT molecular complexity index is 5400. The van der Waals surface area contributed by atoms with Crippen LogP contribution in [0.3, 0.4) is 0 Å². The maximum atomic E-state index is 13.5. The number of nitrogens with one attached hydrogen (secondary N) is 3. The van der Waals surface area contributed by atoms with Crippen LogP contribution in [0.5, 0.6) is 0 Å². The third kappa shape index (κ3) is 18.9. The largest absolute Gasteiger partial charge is 0.321 e. The monoisotopic (exact) mass is 1640 g/mol. The van der Waals surface area contributed by atoms with E-state index in [1.54, 1.807) is 99.4 Å². The van der Waals surface area contributed by atoms with Gasteiger partial charge in [0.15, 0.2) is 17.1 Å². The number of carbonyl (C=O) groups is 3. The number of halogens is 9. The number of allylic oxidation sites excluding steroid dienone is 3. The Morgan fingerprint density at radius 2 is 0.706 bits per heavy atom. The topological polar surface area (TPSA) is 227 Å². The Balaban J connectivity index is 0.000000144. The molecular weight excluding hydrogens is 1580 g/mol. The minimum Gasteiger partial charge on any atom is -0.321 e. The Hall–Kier alpha value is -9.38. The van der Waals surface area contributed by atoms with E-state index in [1.165, 1.54) is 24.3 Å². The van der Waals surface area contributed by atoms with E-state index in [9.17, 15) is 22.8 Å². The first kappa shape index (κ1) is 77.8. The van der Waals surface area contributed by atoms with E-state index in [2.05, 4.69) is 44.1 Å². The normalized spacial score (nSPS) is 14.5. The third-order valence-electron chi connectivity index (χ3n) is 18.2. The maximum absolute atomic E-state index is 13.5. The summed E-state index contributed by atoms with van der Waals surface area (Å²) in [5.41, 5.74) is 15.4. The van der Waals surface area contributed by atoms with E-state index in [-0.39, 0.29) is 22.4 Å². The molecule has 12 aromatic rings. The molecule has 0 fully saturated rings. The molecule has 3 aliphatic rings. The van der Waals surface area contributed by atoms with E-state index in [0.717, 1.165) is 138 Å². The van der Waals surface area contributed by atoms with Gasteiger partial charge < -0.3 is 16.0 Å². The van der Waals surface area contributed by atoms with Crippen LogP contribution in [0.15, 0.2) is 205 Å². The number of nitrogens with zero attached hydrogens (tertiary/aromatic N) is 8. The van der Waals surface area contributed by atoms with Gasteiger partial charge in [-0.2, -0.15) is 15.3 Å². The number of aromatic nitrogens is 8. The summed E-state index contributed by atoms with van der Waals surface area (Å²) in [6.45, 7) is 0. The number of primary sulfonamides is 1. The number of fused-ring (bicyclic) bond motifs is 3. The number of rotatable bonds is 13. The number of benzene rings is 7. The van der Waals surface area contributed by atoms with Crippen LogP contribution in [0.25, 0.3) is 52.0 Å². The van der Waals surface area contributed by atoms with Gasteiger partial charge in [-0.25, -0.2) is 32.6 Å². The molecule has 7 aromatic carbocycles. The van der Waals surface area contributed by atoms with Crippen molar-refractivity contribution in [3.63, 3.8) is 0 Å². The number of carbonyl (C=O) groups excluding carboxylic acids is 3. The summed E-state index contributed by atoms with van der Waals surface area (Å²) in [4.78, 5) is 48.5. The van der Waals surface area contributed by atoms with Gasteiger partial charge in [0.1, 0.15) is 5.82 Å². The molecule has 0 bridgehead atoms. The number of sulfonamides is 1. The van der Waals surface area contributed by atoms with Crippen molar-refractivity contribution in [3.05, 3.63) is 313 Å². The molecule has 5 N–H and O–H groups in total. The van der Waals surface area contributed by atoms with Crippen LogP contribution in [0.2, 0.25) is 45.2 Å². The average molecular weight is 1650 g/mol. The summed E-state index contributed by atoms with van der Waals surface area (Å²) in [6, 6.07) is 53.1. The maximum Gasteiger partial charge on any atom is 0.277 e. The van der Waals surface area contributed by atoms with Gasteiger partial charge in [0.25, 0.3) is 17.7 Å². The second-order valence-corrected chi connectivity index (χ2v) is 31.1. The van der Waals surface area contributed by atoms with Crippen molar-refractivity contribution < 1.29 is 22.8 Å². The van der Waals surface area contributed by atoms with E-state index >= 15 is 0 Å². The Morgan fingerprint density at radius 3 is 1.04 bits per heavy atom. The molecule has 109 heavy (non-hydrogen) atoms. The minimum absolute atomic E-state index is 0.0481. The lowest BCUT2D eigenvalue weighted by atomic mass is 10.0. The van der Waals surface area contributed by atoms with Gasteiger partial charge in [-0.3, -0.25) is 19.4 Å². The highest BCUT2D eigenvalue weighted by Crippen LogP contribution is 2.42. The smallest absolute Gasteiger partial charge is 0.277 e. The molecule has 15 rings (SSSR count). The molecule has 27 heteroatoms. The van der Waals surface area contributed by atoms with E-state index in [0.29, 0.717) is 97.3 Å². The zero-order valence-corrected chi connectivity index (χ0v) is 65.4. The second-order valence-electron chi connectivity index (χ2n) is 25.7. The number of anilines is 3. The first-order valence-electron chi connectivity index (χ1n) is 34.6. The molecule has 3 aliphatic carbocycles. The lowest BCUT2D eigenvalue weighted by molar-refractivity contribution is 0.101. The number of nitrogens with two attached hydrogens (primary N) is 1. The Labute approximate surface area is 674 Å². The van der Waals surface area contributed by atoms with Crippen molar-refractivity contribution in [2.24, 2.45) is 5.14 Å². The van der Waals surface area contributed by atoms with Crippen molar-refractivity contribution in [1.29, 1.82) is 0 Å². The molecule has 0 saturated heterocycles. The van der Waals surface area contributed by atoms with Gasteiger partial charge in [0.2, 0.25) is 10.0 Å². The number of amides is 3. The number of hydrogen-bond donors (Lipinski definition) is 4. The van der Waals surface area contributed by atoms with Gasteiger partial charge >= 0.3 is 0 Å². The number of pyridine rings is 2. The summed E-state index contributed by atoms with van der Waals surface area (Å²) < 4.78 is 28.4. The third-order valence-corrected chi connectivity index (χ3v) is 21.5. The van der Waals surface area contributed by atoms with Gasteiger partial charge in [0.05, 0.1) is 54.1 Å². The number of hydrogen-bond acceptors (Lipinski definition) is 10. The second kappa shape index (κ2) is 35.1. The predicted octanol–water partition coefficient (Wildman–Crippen LogP) is 22.5. The fraction of sp³-hybridized carbons (Fsp3) is 0.146. The van der Waals surface area contributed by atoms with Crippen molar-refractivity contribution in [3.8, 4) is 17.1 Å². The van der Waals surface area contributed by atoms with Crippen LogP contribution < -0.4 is 21.1 Å². The van der Waals surface area contributed by atoms with Crippen molar-refractivity contribution >= 4 is 184 Å². The molecule has 0 spiro atoms. The van der Waals surface area contributed by atoms with Gasteiger partial charge in [-0.1, -0.05) is 147 Å². The van der Waals surface area contributed by atoms with Gasteiger partial charge in [0, 0.05) is 76.8 Å². The van der Waals surface area contributed by atoms with Crippen molar-refractivity contribution in [2.75, 3.05) is 16.0 Å². The van der Waals surface area contributed by atoms with E-state index in [1.807, 2.05) is 91.0 Å². The molecule has 552 valence electrons. The molecule has 17 nitrogen and oxygen atoms in total. The van der Waals surface area contributed by atoms with Crippen molar-refractivity contribution in [1.82, 2.24) is 39.3 Å². The lowest BCUT2D eigenvalue weighted by Crippen LogP contribution is -2.16. The first-order chi connectivity index (χ1) is 52.6. The average Bonchev–Trinajstić information content (AvgIpc) is 1.62. The summed E-state index contributed by atoms with van der Waals surface area (Å²) in [6.07, 6.45) is 21.5. The fourth-order valence-corrected chi connectivity index (χ4v) is 15.5. The van der Waals surface area contributed by atoms with Crippen molar-refractivity contribution in [2.45, 2.75) is 81.9 Å². The van der Waals surface area contributed by atoms with Crippen LogP contribution in [0.4, 0.5) is 17.2 Å². The van der Waals surface area contributed by atoms with E-state index in [4.69, 9.17) is 125 Å². The molecule has 3 amide bonds. The highest BCUT2D eigenvalue weighted by Gasteiger charge is 2.32. The Morgan fingerprint density at radius 1 is 0.376 bits per heavy atom. The molecule has 0 saturated carbocycles. The van der Waals surface area contributed by atoms with Crippen LogP contribution in [0.1, 0.15) is 140 Å². The molecular formula is C82H65Cl9N12O5S. The summed E-state index contributed by atoms with van der Waals surface area (Å²) in [7, 11) is -3.85. The molecule has 5 aromatic heterocycles. The van der Waals surface area contributed by atoms with Gasteiger partial charge in [-0.15, -0.1) is 0 Å². The molecule has 5 heterocycles. The van der Waals surface area contributed by atoms with E-state index < -0.39 is 15.9 Å². The first-order valence-corrected chi connectivity index (χ1v) is 39.5. The summed E-state index contributed by atoms with van der Waals surface area (Å²) in [5, 5.41) is 33.0. The standard InChI is InChI=1S/C28H23Cl3N4O3S.2C27H21Cl3N4O/c29-19-7-5-17(6-8-19)15-18-3-1-2-4-23-26(28(36)33-21-10-12-22(13-11-21)39(32,37)38)34-35(27(18)23)25-14-9-20(30)16-24(25)31;28-19-10-8-17(9-11-19)15-18-5-1-2-6-21-25(27(35)32-24-7-3-4-14-31-24)33-34(26(18)21)23-13-12-20(29)16-22(23)30;28-19-7-5-17(6-8-19)15-18-3-1-2-4-22-25(27(35)32-21-11-13-31-14-12-21)33-34(26(18)22)24-10-9-20(29)16-23(24)30/h5-16H,1-4H2,(H,33,36)(H2,32,37,38);3-4,7-16H,1-2,5-6H2,(H,31,32,35);5-16H,1-4H2,(H,31,32,35)/b3*18-15+. The van der Waals surface area contributed by atoms with Crippen LogP contribution in [-0.2, 0) is 29.3 Å². The summed E-state index contributed by atoms with van der Waals surface area (Å²) >= 11 is 56.6. The highest BCUT2D eigenvalue weighted by molar-refractivity contribution is 7.89. The van der Waals surface area contributed by atoms with Crippen LogP contribution >= 0.6 is 104 Å². The predicted molar refractivity (Wildman–Crippen MR) is 442 cm³/mol. The molecule has 0 atom stereocenters. The molecule has 0 aliphatic heterocycles. The molecule has 0 radical (unpaired) electrons. The SMILES string of the molecule is NS(=O)(=O)c1ccc(NC(=O)c2nn(-c3ccc(Cl)cc3Cl)c3c2CCCC/C3=C\c2ccc(Cl)cc2)cc1.O=C(Nc1ccccn1)c1nn(-c2ccc(Cl)cc2Cl)c2c1CCCC/C2=C\c1ccc(Cl)cc1.O=C(Nc1ccncc1)c1nn(-c2ccc(Cl)cc2Cl)c2c1CCCC/C2=C\c1ccc(Cl)cc1. The quantitative estimate of drug-likeness (QED) is 0.0799. The van der Waals surface area contributed by atoms with Crippen LogP contribution in [-0.4, -0.2) is 65.4 Å². The zero-order valence-electron chi connectivity index (χ0n) is 57.8. The zero-order chi connectivity index (χ0) is 76.5.